The highest BCUT2D eigenvalue weighted by molar-refractivity contribution is 7.17. The normalized spacial score (nSPS) is 16.9. The van der Waals surface area contributed by atoms with Crippen LogP contribution in [0.3, 0.4) is 0 Å². The molecule has 0 aromatic carbocycles. The molecule has 1 aromatic heterocycles. The minimum Gasteiger partial charge on any atom is -0.378 e. The third-order valence-electron chi connectivity index (χ3n) is 3.37. The maximum atomic E-state index is 11.1. The lowest BCUT2D eigenvalue weighted by Gasteiger charge is -2.35. The standard InChI is InChI=1S/C14H23N3O2S/c1-11(2)8-16-4-6-17(7-5-16)14-15-12(10-19-3)13(9-18)20-14/h9,11H,4-8,10H2,1-3H3. The van der Waals surface area contributed by atoms with E-state index in [-0.39, 0.29) is 0 Å². The molecule has 0 radical (unpaired) electrons. The molecule has 0 bridgehead atoms. The number of hydrogen-bond donors (Lipinski definition) is 0. The van der Waals surface area contributed by atoms with Gasteiger partial charge in [0, 0.05) is 39.8 Å². The smallest absolute Gasteiger partial charge is 0.186 e. The first-order valence-corrected chi connectivity index (χ1v) is 7.86. The van der Waals surface area contributed by atoms with Crippen molar-refractivity contribution in [2.75, 3.05) is 44.7 Å². The van der Waals surface area contributed by atoms with Gasteiger partial charge in [-0.3, -0.25) is 9.69 Å². The van der Waals surface area contributed by atoms with E-state index < -0.39 is 0 Å². The van der Waals surface area contributed by atoms with E-state index in [1.165, 1.54) is 11.3 Å². The van der Waals surface area contributed by atoms with Gasteiger partial charge in [0.25, 0.3) is 0 Å². The highest BCUT2D eigenvalue weighted by Gasteiger charge is 2.21. The summed E-state index contributed by atoms with van der Waals surface area (Å²) in [4.78, 5) is 21.1. The maximum absolute atomic E-state index is 11.1. The summed E-state index contributed by atoms with van der Waals surface area (Å²) >= 11 is 1.47. The van der Waals surface area contributed by atoms with E-state index in [1.807, 2.05) is 0 Å². The number of ether oxygens (including phenoxy) is 1. The van der Waals surface area contributed by atoms with Crippen LogP contribution in [-0.2, 0) is 11.3 Å². The number of methoxy groups -OCH3 is 1. The summed E-state index contributed by atoms with van der Waals surface area (Å²) in [5, 5.41) is 0.948. The molecule has 1 fully saturated rings. The van der Waals surface area contributed by atoms with Crippen molar-refractivity contribution in [2.24, 2.45) is 5.92 Å². The van der Waals surface area contributed by atoms with Crippen LogP contribution in [0.2, 0.25) is 0 Å². The van der Waals surface area contributed by atoms with Crippen molar-refractivity contribution in [3.8, 4) is 0 Å². The van der Waals surface area contributed by atoms with Crippen LogP contribution in [0.5, 0.6) is 0 Å². The Kier molecular flexibility index (Phi) is 5.51. The molecule has 0 N–H and O–H groups in total. The van der Waals surface area contributed by atoms with Crippen LogP contribution < -0.4 is 4.90 Å². The number of nitrogens with zero attached hydrogens (tertiary/aromatic N) is 3. The van der Waals surface area contributed by atoms with Crippen molar-refractivity contribution in [3.05, 3.63) is 10.6 Å². The van der Waals surface area contributed by atoms with E-state index >= 15 is 0 Å². The summed E-state index contributed by atoms with van der Waals surface area (Å²) in [5.41, 5.74) is 0.757. The van der Waals surface area contributed by atoms with Gasteiger partial charge in [-0.2, -0.15) is 0 Å². The summed E-state index contributed by atoms with van der Waals surface area (Å²) in [6.07, 6.45) is 0.879. The average Bonchev–Trinajstić information content (AvgIpc) is 2.82. The fraction of sp³-hybridized carbons (Fsp3) is 0.714. The fourth-order valence-corrected chi connectivity index (χ4v) is 3.39. The second kappa shape index (κ2) is 7.15. The molecule has 0 saturated carbocycles. The van der Waals surface area contributed by atoms with Gasteiger partial charge in [-0.1, -0.05) is 25.2 Å². The van der Waals surface area contributed by atoms with Gasteiger partial charge in [-0.25, -0.2) is 4.98 Å². The van der Waals surface area contributed by atoms with Crippen LogP contribution in [0.15, 0.2) is 0 Å². The number of aromatic nitrogens is 1. The van der Waals surface area contributed by atoms with Gasteiger partial charge < -0.3 is 9.64 Å². The Morgan fingerprint density at radius 3 is 2.60 bits per heavy atom. The number of hydrogen-bond acceptors (Lipinski definition) is 6. The van der Waals surface area contributed by atoms with Crippen molar-refractivity contribution in [1.29, 1.82) is 0 Å². The minimum absolute atomic E-state index is 0.401. The largest absolute Gasteiger partial charge is 0.378 e. The van der Waals surface area contributed by atoms with Crippen LogP contribution in [0, 0.1) is 5.92 Å². The van der Waals surface area contributed by atoms with E-state index in [2.05, 4.69) is 28.6 Å². The summed E-state index contributed by atoms with van der Waals surface area (Å²) in [6.45, 7) is 10.1. The first-order chi connectivity index (χ1) is 9.63. The summed E-state index contributed by atoms with van der Waals surface area (Å²) in [5.74, 6) is 0.705. The predicted octanol–water partition coefficient (Wildman–Crippen LogP) is 1.88. The molecule has 2 rings (SSSR count). The monoisotopic (exact) mass is 297 g/mol. The first kappa shape index (κ1) is 15.4. The van der Waals surface area contributed by atoms with Crippen LogP contribution in [0.25, 0.3) is 0 Å². The topological polar surface area (TPSA) is 45.7 Å². The molecule has 0 amide bonds. The zero-order chi connectivity index (χ0) is 14.5. The number of carbonyl (C=O) groups excluding carboxylic acids is 1. The molecule has 6 heteroatoms. The molecule has 1 aromatic rings. The van der Waals surface area contributed by atoms with Crippen LogP contribution >= 0.6 is 11.3 Å². The van der Waals surface area contributed by atoms with Gasteiger partial charge in [0.1, 0.15) is 0 Å². The molecule has 1 saturated heterocycles. The lowest BCUT2D eigenvalue weighted by Crippen LogP contribution is -2.47. The Morgan fingerprint density at radius 2 is 2.05 bits per heavy atom. The van der Waals surface area contributed by atoms with Crippen molar-refractivity contribution < 1.29 is 9.53 Å². The third kappa shape index (κ3) is 3.77. The number of piperazine rings is 1. The Balaban J connectivity index is 1.98. The van der Waals surface area contributed by atoms with Crippen molar-refractivity contribution in [3.63, 3.8) is 0 Å². The van der Waals surface area contributed by atoms with Gasteiger partial charge >= 0.3 is 0 Å². The molecular formula is C14H23N3O2S. The predicted molar refractivity (Wildman–Crippen MR) is 81.7 cm³/mol. The number of anilines is 1. The van der Waals surface area contributed by atoms with Crippen molar-refractivity contribution >= 4 is 22.8 Å². The van der Waals surface area contributed by atoms with Gasteiger partial charge in [0.05, 0.1) is 17.2 Å². The fourth-order valence-electron chi connectivity index (χ4n) is 2.46. The third-order valence-corrected chi connectivity index (χ3v) is 4.45. The SMILES string of the molecule is COCc1nc(N2CCN(CC(C)C)CC2)sc1C=O. The van der Waals surface area contributed by atoms with Gasteiger partial charge in [-0.15, -0.1) is 0 Å². The van der Waals surface area contributed by atoms with Crippen LogP contribution in [-0.4, -0.2) is 56.0 Å². The Morgan fingerprint density at radius 1 is 1.35 bits per heavy atom. The summed E-state index contributed by atoms with van der Waals surface area (Å²) < 4.78 is 5.09. The summed E-state index contributed by atoms with van der Waals surface area (Å²) in [7, 11) is 1.62. The van der Waals surface area contributed by atoms with Gasteiger partial charge in [-0.05, 0) is 5.92 Å². The quantitative estimate of drug-likeness (QED) is 0.750. The molecule has 0 aliphatic carbocycles. The molecule has 112 valence electrons. The minimum atomic E-state index is 0.401. The van der Waals surface area contributed by atoms with Gasteiger partial charge in [0.15, 0.2) is 11.4 Å². The second-order valence-electron chi connectivity index (χ2n) is 5.54. The van der Waals surface area contributed by atoms with E-state index in [9.17, 15) is 4.79 Å². The lowest BCUT2D eigenvalue weighted by molar-refractivity contribution is 0.112. The van der Waals surface area contributed by atoms with Crippen LogP contribution in [0.4, 0.5) is 5.13 Å². The maximum Gasteiger partial charge on any atom is 0.186 e. The molecular weight excluding hydrogens is 274 g/mol. The first-order valence-electron chi connectivity index (χ1n) is 7.05. The molecule has 0 atom stereocenters. The molecule has 1 aliphatic rings. The molecule has 5 nitrogen and oxygen atoms in total. The van der Waals surface area contributed by atoms with Crippen molar-refractivity contribution in [2.45, 2.75) is 20.5 Å². The highest BCUT2D eigenvalue weighted by atomic mass is 32.1. The zero-order valence-electron chi connectivity index (χ0n) is 12.5. The number of carbonyl (C=O) groups is 1. The van der Waals surface area contributed by atoms with Gasteiger partial charge in [0.2, 0.25) is 0 Å². The molecule has 1 aliphatic heterocycles. The van der Waals surface area contributed by atoms with E-state index in [0.717, 1.165) is 49.8 Å². The van der Waals surface area contributed by atoms with E-state index in [1.54, 1.807) is 7.11 Å². The molecule has 20 heavy (non-hydrogen) atoms. The molecule has 2 heterocycles. The summed E-state index contributed by atoms with van der Waals surface area (Å²) in [6, 6.07) is 0. The van der Waals surface area contributed by atoms with E-state index in [4.69, 9.17) is 4.74 Å². The molecule has 0 unspecified atom stereocenters. The van der Waals surface area contributed by atoms with Crippen molar-refractivity contribution in [1.82, 2.24) is 9.88 Å². The second-order valence-corrected chi connectivity index (χ2v) is 6.55. The Hall–Kier alpha value is -0.980. The van der Waals surface area contributed by atoms with E-state index in [0.29, 0.717) is 17.4 Å². The highest BCUT2D eigenvalue weighted by Crippen LogP contribution is 2.26. The number of thiazole rings is 1. The van der Waals surface area contributed by atoms with Crippen LogP contribution in [0.1, 0.15) is 29.2 Å². The Bertz CT molecular complexity index is 440. The Labute approximate surface area is 124 Å². The number of rotatable bonds is 6. The zero-order valence-corrected chi connectivity index (χ0v) is 13.3. The molecule has 0 spiro atoms. The average molecular weight is 297 g/mol. The number of aldehydes is 1. The lowest BCUT2D eigenvalue weighted by atomic mass is 10.2.